The second-order valence-corrected chi connectivity index (χ2v) is 6.48. The number of amides is 1. The lowest BCUT2D eigenvalue weighted by atomic mass is 10.1. The highest BCUT2D eigenvalue weighted by Gasteiger charge is 2.15. The second-order valence-electron chi connectivity index (χ2n) is 6.48. The molecule has 1 N–H and O–H groups in total. The van der Waals surface area contributed by atoms with Gasteiger partial charge in [-0.1, -0.05) is 12.1 Å². The van der Waals surface area contributed by atoms with Crippen molar-refractivity contribution >= 4 is 11.6 Å². The van der Waals surface area contributed by atoms with E-state index in [4.69, 9.17) is 4.74 Å². The van der Waals surface area contributed by atoms with Gasteiger partial charge >= 0.3 is 0 Å². The number of carbonyl (C=O) groups excluding carboxylic acids is 1. The minimum absolute atomic E-state index is 0.117. The average Bonchev–Trinajstić information content (AvgIpc) is 3.00. The Morgan fingerprint density at radius 1 is 1.24 bits per heavy atom. The predicted octanol–water partition coefficient (Wildman–Crippen LogP) is 2.60. The Bertz CT molecular complexity index is 748. The van der Waals surface area contributed by atoms with Crippen LogP contribution in [0.25, 0.3) is 0 Å². The molecular weight excluding hydrogens is 316 g/mol. The number of carbonyl (C=O) groups is 1. The number of nitrogens with zero attached hydrogens (tertiary/aromatic N) is 3. The summed E-state index contributed by atoms with van der Waals surface area (Å²) in [6.07, 6.45) is 0. The first-order chi connectivity index (χ1) is 12.1. The van der Waals surface area contributed by atoms with Gasteiger partial charge in [0.1, 0.15) is 5.69 Å². The largest absolute Gasteiger partial charge is 0.379 e. The van der Waals surface area contributed by atoms with E-state index in [9.17, 15) is 4.79 Å². The third-order valence-electron chi connectivity index (χ3n) is 4.49. The van der Waals surface area contributed by atoms with Crippen LogP contribution in [0, 0.1) is 13.8 Å². The summed E-state index contributed by atoms with van der Waals surface area (Å²) in [6.45, 7) is 10.9. The molecule has 1 aromatic carbocycles. The van der Waals surface area contributed by atoms with Gasteiger partial charge < -0.3 is 10.1 Å². The van der Waals surface area contributed by atoms with Gasteiger partial charge in [-0.25, -0.2) is 0 Å². The van der Waals surface area contributed by atoms with Crippen molar-refractivity contribution in [1.29, 1.82) is 0 Å². The number of anilines is 1. The second kappa shape index (κ2) is 7.80. The summed E-state index contributed by atoms with van der Waals surface area (Å²) in [5.74, 6) is -0.117. The van der Waals surface area contributed by atoms with Crippen LogP contribution < -0.4 is 5.32 Å². The van der Waals surface area contributed by atoms with Gasteiger partial charge in [-0.3, -0.25) is 14.4 Å². The minimum atomic E-state index is -0.117. The molecule has 1 aliphatic heterocycles. The molecule has 0 spiro atoms. The summed E-state index contributed by atoms with van der Waals surface area (Å²) in [6, 6.07) is 8.09. The molecule has 1 aromatic heterocycles. The fraction of sp³-hybridized carbons (Fsp3) is 0.474. The monoisotopic (exact) mass is 342 g/mol. The van der Waals surface area contributed by atoms with Crippen molar-refractivity contribution < 1.29 is 9.53 Å². The molecule has 2 heterocycles. The van der Waals surface area contributed by atoms with Crippen LogP contribution in [0.2, 0.25) is 0 Å². The zero-order valence-electron chi connectivity index (χ0n) is 15.2. The SMILES string of the molecule is CCn1nc(C)cc1C(=O)Nc1cc(CN2CCOCC2)ccc1C. The van der Waals surface area contributed by atoms with E-state index >= 15 is 0 Å². The Labute approximate surface area is 148 Å². The number of aromatic nitrogens is 2. The average molecular weight is 342 g/mol. The minimum Gasteiger partial charge on any atom is -0.379 e. The summed E-state index contributed by atoms with van der Waals surface area (Å²) < 4.78 is 7.13. The summed E-state index contributed by atoms with van der Waals surface area (Å²) in [5, 5.41) is 7.40. The van der Waals surface area contributed by atoms with Crippen molar-refractivity contribution in [3.8, 4) is 0 Å². The van der Waals surface area contributed by atoms with E-state index in [2.05, 4.69) is 33.5 Å². The number of rotatable bonds is 5. The summed E-state index contributed by atoms with van der Waals surface area (Å²) in [5.41, 5.74) is 4.56. The molecule has 0 saturated carbocycles. The number of hydrogen-bond donors (Lipinski definition) is 1. The molecule has 2 aromatic rings. The molecule has 1 aliphatic rings. The lowest BCUT2D eigenvalue weighted by molar-refractivity contribution is 0.0342. The Morgan fingerprint density at radius 2 is 2.00 bits per heavy atom. The van der Waals surface area contributed by atoms with E-state index in [1.807, 2.05) is 26.8 Å². The number of ether oxygens (including phenoxy) is 1. The van der Waals surface area contributed by atoms with Gasteiger partial charge in [0.2, 0.25) is 0 Å². The molecule has 0 radical (unpaired) electrons. The number of morpholine rings is 1. The summed E-state index contributed by atoms with van der Waals surface area (Å²) >= 11 is 0. The van der Waals surface area contributed by atoms with Crippen molar-refractivity contribution in [2.45, 2.75) is 33.9 Å². The molecule has 134 valence electrons. The first-order valence-electron chi connectivity index (χ1n) is 8.82. The van der Waals surface area contributed by atoms with Crippen LogP contribution in [-0.2, 0) is 17.8 Å². The van der Waals surface area contributed by atoms with E-state index < -0.39 is 0 Å². The molecule has 0 atom stereocenters. The van der Waals surface area contributed by atoms with E-state index in [0.29, 0.717) is 12.2 Å². The van der Waals surface area contributed by atoms with Gasteiger partial charge in [0.15, 0.2) is 0 Å². The van der Waals surface area contributed by atoms with Gasteiger partial charge in [-0.05, 0) is 44.0 Å². The third-order valence-corrected chi connectivity index (χ3v) is 4.49. The third kappa shape index (κ3) is 4.27. The Balaban J connectivity index is 1.74. The molecular formula is C19H26N4O2. The standard InChI is InChI=1S/C19H26N4O2/c1-4-23-18(11-15(3)21-23)19(24)20-17-12-16(6-5-14(17)2)13-22-7-9-25-10-8-22/h5-6,11-12H,4,7-10,13H2,1-3H3,(H,20,24). The van der Waals surface area contributed by atoms with Crippen LogP contribution in [0.15, 0.2) is 24.3 Å². The molecule has 1 saturated heterocycles. The zero-order chi connectivity index (χ0) is 17.8. The van der Waals surface area contributed by atoms with Crippen LogP contribution in [-0.4, -0.2) is 46.9 Å². The smallest absolute Gasteiger partial charge is 0.273 e. The Kier molecular flexibility index (Phi) is 5.50. The number of aryl methyl sites for hydroxylation is 3. The van der Waals surface area contributed by atoms with Crippen molar-refractivity contribution in [3.05, 3.63) is 46.8 Å². The van der Waals surface area contributed by atoms with Crippen LogP contribution >= 0.6 is 0 Å². The van der Waals surface area contributed by atoms with Crippen LogP contribution in [0.5, 0.6) is 0 Å². The molecule has 3 rings (SSSR count). The van der Waals surface area contributed by atoms with E-state index in [0.717, 1.165) is 49.8 Å². The maximum Gasteiger partial charge on any atom is 0.273 e. The van der Waals surface area contributed by atoms with E-state index in [1.54, 1.807) is 4.68 Å². The van der Waals surface area contributed by atoms with Gasteiger partial charge in [-0.2, -0.15) is 5.10 Å². The van der Waals surface area contributed by atoms with Gasteiger partial charge in [0, 0.05) is 31.9 Å². The highest BCUT2D eigenvalue weighted by molar-refractivity contribution is 6.03. The lowest BCUT2D eigenvalue weighted by Crippen LogP contribution is -2.35. The maximum atomic E-state index is 12.7. The quantitative estimate of drug-likeness (QED) is 0.907. The number of hydrogen-bond acceptors (Lipinski definition) is 4. The first kappa shape index (κ1) is 17.6. The fourth-order valence-electron chi connectivity index (χ4n) is 3.08. The van der Waals surface area contributed by atoms with Crippen LogP contribution in [0.3, 0.4) is 0 Å². The normalized spacial score (nSPS) is 15.3. The van der Waals surface area contributed by atoms with E-state index in [1.165, 1.54) is 5.56 Å². The van der Waals surface area contributed by atoms with Crippen molar-refractivity contribution in [2.24, 2.45) is 0 Å². The molecule has 0 bridgehead atoms. The molecule has 1 amide bonds. The van der Waals surface area contributed by atoms with Gasteiger partial charge in [0.25, 0.3) is 5.91 Å². The summed E-state index contributed by atoms with van der Waals surface area (Å²) in [4.78, 5) is 15.0. The zero-order valence-corrected chi connectivity index (χ0v) is 15.2. The van der Waals surface area contributed by atoms with Gasteiger partial charge in [-0.15, -0.1) is 0 Å². The highest BCUT2D eigenvalue weighted by Crippen LogP contribution is 2.20. The molecule has 25 heavy (non-hydrogen) atoms. The van der Waals surface area contributed by atoms with Crippen molar-refractivity contribution in [2.75, 3.05) is 31.6 Å². The molecule has 0 aliphatic carbocycles. The number of nitrogens with one attached hydrogen (secondary N) is 1. The molecule has 1 fully saturated rings. The van der Waals surface area contributed by atoms with E-state index in [-0.39, 0.29) is 5.91 Å². The molecule has 6 nitrogen and oxygen atoms in total. The molecule has 0 unspecified atom stereocenters. The maximum absolute atomic E-state index is 12.7. The number of benzene rings is 1. The first-order valence-corrected chi connectivity index (χ1v) is 8.82. The predicted molar refractivity (Wildman–Crippen MR) is 97.9 cm³/mol. The van der Waals surface area contributed by atoms with Gasteiger partial charge in [0.05, 0.1) is 18.9 Å². The van der Waals surface area contributed by atoms with Crippen LogP contribution in [0.1, 0.15) is 34.2 Å². The topological polar surface area (TPSA) is 59.4 Å². The van der Waals surface area contributed by atoms with Crippen molar-refractivity contribution in [1.82, 2.24) is 14.7 Å². The molecule has 6 heteroatoms. The Morgan fingerprint density at radius 3 is 2.72 bits per heavy atom. The van der Waals surface area contributed by atoms with Crippen LogP contribution in [0.4, 0.5) is 5.69 Å². The Hall–Kier alpha value is -2.18. The lowest BCUT2D eigenvalue weighted by Gasteiger charge is -2.26. The fourth-order valence-corrected chi connectivity index (χ4v) is 3.08. The highest BCUT2D eigenvalue weighted by atomic mass is 16.5. The van der Waals surface area contributed by atoms with Crippen molar-refractivity contribution in [3.63, 3.8) is 0 Å². The summed E-state index contributed by atoms with van der Waals surface area (Å²) in [7, 11) is 0.